The van der Waals surface area contributed by atoms with E-state index < -0.39 is 44.4 Å². The van der Waals surface area contributed by atoms with Gasteiger partial charge in [-0.3, -0.25) is 14.4 Å². The number of fused-ring (bicyclic) bond motifs is 1. The molecule has 2 aromatic heterocycles. The number of nitrogens with one attached hydrogen (secondary N) is 1. The molecule has 1 saturated heterocycles. The summed E-state index contributed by atoms with van der Waals surface area (Å²) in [4.78, 5) is 42.3. The van der Waals surface area contributed by atoms with Crippen molar-refractivity contribution in [2.75, 3.05) is 18.1 Å². The van der Waals surface area contributed by atoms with Gasteiger partial charge in [0.2, 0.25) is 5.28 Å². The molecule has 15 heteroatoms. The molecule has 32 heavy (non-hydrogen) atoms. The molecule has 0 saturated carbocycles. The third kappa shape index (κ3) is 5.93. The molecule has 2 unspecified atom stereocenters. The summed E-state index contributed by atoms with van der Waals surface area (Å²) in [6, 6.07) is 0. The standard InChI is InChI=1S/C17H25ClN5O8P/c1-2-3-4-6-30-17(26)21-13-10-14(22-16(18)20-13)23(8-19-10)15-12(25)11(24)9(31-15)5-7-32(27,28)29/h8-9,11-12,15,24-25H,2-7H2,1H3,(H2,27,28,29)(H,20,21,22,26)/t9-,11?,12?,15-/m1/s1. The van der Waals surface area contributed by atoms with Gasteiger partial charge in [-0.15, -0.1) is 0 Å². The van der Waals surface area contributed by atoms with Crippen LogP contribution in [0.5, 0.6) is 0 Å². The van der Waals surface area contributed by atoms with Gasteiger partial charge in [-0.25, -0.2) is 9.78 Å². The predicted molar refractivity (Wildman–Crippen MR) is 112 cm³/mol. The minimum Gasteiger partial charge on any atom is -0.449 e. The number of rotatable bonds is 9. The summed E-state index contributed by atoms with van der Waals surface area (Å²) in [5, 5.41) is 22.9. The van der Waals surface area contributed by atoms with E-state index in [0.29, 0.717) is 0 Å². The Hall–Kier alpha value is -1.86. The van der Waals surface area contributed by atoms with E-state index in [-0.39, 0.29) is 35.3 Å². The molecule has 1 fully saturated rings. The van der Waals surface area contributed by atoms with Gasteiger partial charge < -0.3 is 29.5 Å². The van der Waals surface area contributed by atoms with Crippen LogP contribution >= 0.6 is 19.2 Å². The quantitative estimate of drug-likeness (QED) is 0.193. The summed E-state index contributed by atoms with van der Waals surface area (Å²) >= 11 is 5.99. The van der Waals surface area contributed by atoms with Crippen molar-refractivity contribution in [2.45, 2.75) is 57.1 Å². The number of aliphatic hydroxyl groups is 2. The fraction of sp³-hybridized carbons (Fsp3) is 0.647. The summed E-state index contributed by atoms with van der Waals surface area (Å²) in [6.45, 7) is 2.27. The van der Waals surface area contributed by atoms with Crippen LogP contribution in [0.4, 0.5) is 10.6 Å². The van der Waals surface area contributed by atoms with Gasteiger partial charge in [-0.05, 0) is 24.4 Å². The van der Waals surface area contributed by atoms with Crippen LogP contribution in [0.15, 0.2) is 6.33 Å². The van der Waals surface area contributed by atoms with Crippen molar-refractivity contribution in [3.8, 4) is 0 Å². The lowest BCUT2D eigenvalue weighted by molar-refractivity contribution is -0.0355. The fourth-order valence-electron chi connectivity index (χ4n) is 3.31. The lowest BCUT2D eigenvalue weighted by atomic mass is 10.1. The minimum absolute atomic E-state index is 0.00896. The smallest absolute Gasteiger partial charge is 0.412 e. The Morgan fingerprint density at radius 3 is 2.75 bits per heavy atom. The predicted octanol–water partition coefficient (Wildman–Crippen LogP) is 1.41. The van der Waals surface area contributed by atoms with Crippen LogP contribution in [0.25, 0.3) is 11.2 Å². The van der Waals surface area contributed by atoms with Gasteiger partial charge in [0.05, 0.1) is 25.2 Å². The second-order valence-electron chi connectivity index (χ2n) is 7.36. The van der Waals surface area contributed by atoms with Gasteiger partial charge >= 0.3 is 13.7 Å². The maximum atomic E-state index is 12.1. The van der Waals surface area contributed by atoms with Gasteiger partial charge in [0, 0.05) is 0 Å². The largest absolute Gasteiger partial charge is 0.449 e. The Kier molecular flexibility index (Phi) is 8.04. The number of carbonyl (C=O) groups excluding carboxylic acids is 1. The number of unbranched alkanes of at least 4 members (excludes halogenated alkanes) is 2. The maximum absolute atomic E-state index is 12.1. The first-order chi connectivity index (χ1) is 15.1. The lowest BCUT2D eigenvalue weighted by Gasteiger charge is -2.16. The highest BCUT2D eigenvalue weighted by molar-refractivity contribution is 7.51. The van der Waals surface area contributed by atoms with Crippen LogP contribution in [0.2, 0.25) is 5.28 Å². The molecule has 178 valence electrons. The second kappa shape index (κ2) is 10.4. The average Bonchev–Trinajstić information content (AvgIpc) is 3.24. The molecule has 2 aromatic rings. The number of halogens is 1. The van der Waals surface area contributed by atoms with E-state index in [1.165, 1.54) is 10.9 Å². The summed E-state index contributed by atoms with van der Waals surface area (Å²) in [7, 11) is -4.30. The highest BCUT2D eigenvalue weighted by Gasteiger charge is 2.44. The molecule has 1 aliphatic rings. The molecular weight excluding hydrogens is 469 g/mol. The molecule has 1 amide bonds. The summed E-state index contributed by atoms with van der Waals surface area (Å²) in [5.74, 6) is -0.00896. The summed E-state index contributed by atoms with van der Waals surface area (Å²) in [5.41, 5.74) is 0.252. The van der Waals surface area contributed by atoms with Crippen molar-refractivity contribution < 1.29 is 38.8 Å². The van der Waals surface area contributed by atoms with E-state index >= 15 is 0 Å². The van der Waals surface area contributed by atoms with E-state index in [1.54, 1.807) is 0 Å². The highest BCUT2D eigenvalue weighted by atomic mass is 35.5. The monoisotopic (exact) mass is 493 g/mol. The Bertz CT molecular complexity index is 1000. The van der Waals surface area contributed by atoms with E-state index in [4.69, 9.17) is 30.9 Å². The van der Waals surface area contributed by atoms with E-state index in [2.05, 4.69) is 20.3 Å². The molecule has 0 aromatic carbocycles. The van der Waals surface area contributed by atoms with Crippen molar-refractivity contribution in [3.63, 3.8) is 0 Å². The molecule has 5 N–H and O–H groups in total. The van der Waals surface area contributed by atoms with E-state index in [0.717, 1.165) is 19.3 Å². The summed E-state index contributed by atoms with van der Waals surface area (Å²) in [6.07, 6.45) is -2.53. The molecular formula is C17H25ClN5O8P. The first-order valence-corrected chi connectivity index (χ1v) is 12.2. The topological polar surface area (TPSA) is 189 Å². The second-order valence-corrected chi connectivity index (χ2v) is 9.47. The van der Waals surface area contributed by atoms with Crippen LogP contribution in [0, 0.1) is 0 Å². The molecule has 4 atom stereocenters. The summed E-state index contributed by atoms with van der Waals surface area (Å²) < 4.78 is 23.2. The van der Waals surface area contributed by atoms with Gasteiger partial charge in [-0.1, -0.05) is 19.8 Å². The average molecular weight is 494 g/mol. The maximum Gasteiger partial charge on any atom is 0.412 e. The number of aliphatic hydroxyl groups excluding tert-OH is 2. The molecule has 3 heterocycles. The lowest BCUT2D eigenvalue weighted by Crippen LogP contribution is -2.31. The Morgan fingerprint density at radius 1 is 1.31 bits per heavy atom. The SMILES string of the molecule is CCCCCOC(=O)Nc1nc(Cl)nc2c1ncn2[C@@H]1O[C@H](CCP(=O)(O)O)C(O)C1O. The van der Waals surface area contributed by atoms with E-state index in [1.807, 2.05) is 6.92 Å². The van der Waals surface area contributed by atoms with Crippen LogP contribution in [0.3, 0.4) is 0 Å². The molecule has 0 bridgehead atoms. The third-order valence-corrected chi connectivity index (χ3v) is 5.92. The van der Waals surface area contributed by atoms with E-state index in [9.17, 15) is 19.6 Å². The number of nitrogens with zero attached hydrogens (tertiary/aromatic N) is 4. The number of ether oxygens (including phenoxy) is 2. The van der Waals surface area contributed by atoms with Crippen molar-refractivity contribution >= 4 is 42.3 Å². The normalized spacial score (nSPS) is 23.6. The number of amides is 1. The number of hydrogen-bond acceptors (Lipinski definition) is 9. The number of aromatic nitrogens is 4. The number of carbonyl (C=O) groups is 1. The van der Waals surface area contributed by atoms with Crippen LogP contribution in [0.1, 0.15) is 38.8 Å². The molecule has 0 spiro atoms. The van der Waals surface area contributed by atoms with Crippen molar-refractivity contribution in [1.82, 2.24) is 19.5 Å². The van der Waals surface area contributed by atoms with Gasteiger partial charge in [0.15, 0.2) is 23.2 Å². The van der Waals surface area contributed by atoms with Crippen molar-refractivity contribution in [2.24, 2.45) is 0 Å². The molecule has 0 radical (unpaired) electrons. The number of anilines is 1. The van der Waals surface area contributed by atoms with Crippen LogP contribution in [-0.4, -0.2) is 76.7 Å². The molecule has 1 aliphatic heterocycles. The molecule has 3 rings (SSSR count). The third-order valence-electron chi connectivity index (χ3n) is 4.91. The van der Waals surface area contributed by atoms with Gasteiger partial charge in [0.1, 0.15) is 12.2 Å². The van der Waals surface area contributed by atoms with Gasteiger partial charge in [0.25, 0.3) is 0 Å². The minimum atomic E-state index is -4.30. The zero-order valence-electron chi connectivity index (χ0n) is 17.2. The molecule has 0 aliphatic carbocycles. The first-order valence-electron chi connectivity index (χ1n) is 10.0. The van der Waals surface area contributed by atoms with Crippen LogP contribution in [-0.2, 0) is 14.0 Å². The number of imidazole rings is 1. The number of hydrogen-bond donors (Lipinski definition) is 5. The van der Waals surface area contributed by atoms with Crippen molar-refractivity contribution in [3.05, 3.63) is 11.6 Å². The Labute approximate surface area is 187 Å². The van der Waals surface area contributed by atoms with Crippen LogP contribution < -0.4 is 5.32 Å². The fourth-order valence-corrected chi connectivity index (χ4v) is 4.06. The Morgan fingerprint density at radius 2 is 2.06 bits per heavy atom. The highest BCUT2D eigenvalue weighted by Crippen LogP contribution is 2.39. The zero-order chi connectivity index (χ0) is 23.5. The zero-order valence-corrected chi connectivity index (χ0v) is 18.8. The van der Waals surface area contributed by atoms with Crippen molar-refractivity contribution in [1.29, 1.82) is 0 Å². The Balaban J connectivity index is 1.79. The molecule has 13 nitrogen and oxygen atoms in total. The first kappa shape index (κ1) is 24.8. The van der Waals surface area contributed by atoms with Gasteiger partial charge in [-0.2, -0.15) is 9.97 Å².